The molecule has 0 radical (unpaired) electrons. The largest absolute Gasteiger partial charge is 0.509 e. The van der Waals surface area contributed by atoms with Crippen molar-refractivity contribution in [3.8, 4) is 39.6 Å². The molecule has 9 aromatic rings. The van der Waals surface area contributed by atoms with Crippen LogP contribution in [0.2, 0.25) is 0 Å². The topological polar surface area (TPSA) is 33.5 Å². The molecule has 1 aliphatic heterocycles. The van der Waals surface area contributed by atoms with Gasteiger partial charge in [-0.1, -0.05) is 162 Å². The van der Waals surface area contributed by atoms with Gasteiger partial charge in [0.05, 0.1) is 0 Å². The minimum Gasteiger partial charge on any atom is -0.509 e. The molecule has 0 atom stereocenters. The van der Waals surface area contributed by atoms with Crippen molar-refractivity contribution >= 4 is 44.6 Å². The van der Waals surface area contributed by atoms with E-state index in [1.165, 1.54) is 16.5 Å². The number of ether oxygens (including phenoxy) is 1. The van der Waals surface area contributed by atoms with Gasteiger partial charge in [-0.05, 0) is 63.2 Å². The Kier molecular flexibility index (Phi) is 10.7. The SMILES string of the molecule is CC(C)(C)c1ccnc(-n2c3[c-]c(Oc4[c-]c(N5[CH-]N(c6c(-c7ccccc7)cccc6-c6ccccc6)c6ccccc65)ccc4)cc(C(C)(C)C)c3c3ccccc32)c1.[Pt]. The standard InChI is InChI=1S/C56H47N4O.Pt/c1-55(2,3)40-31-32-57-52(33-40)60-48-28-14-13-25-46(48)53-47(56(4,5)6)35-43(36-51(53)60)61-42-24-17-23-41(34-42)58-37-59(50-30-16-15-29-49(50)58)54-44(38-19-9-7-10-20-38)26-18-27-45(54)39-21-11-8-12-22-39;/h7-33,35,37H,1-6H3;/q-3;. The third-order valence-electron chi connectivity index (χ3n) is 11.6. The van der Waals surface area contributed by atoms with E-state index in [2.05, 4.69) is 226 Å². The zero-order valence-corrected chi connectivity index (χ0v) is 38.0. The van der Waals surface area contributed by atoms with Crippen molar-refractivity contribution < 1.29 is 25.8 Å². The quantitative estimate of drug-likeness (QED) is 0.149. The Labute approximate surface area is 379 Å². The van der Waals surface area contributed by atoms with Gasteiger partial charge in [0.25, 0.3) is 0 Å². The van der Waals surface area contributed by atoms with Crippen molar-refractivity contribution in [2.45, 2.75) is 52.4 Å². The first-order valence-corrected chi connectivity index (χ1v) is 21.0. The van der Waals surface area contributed by atoms with Crippen LogP contribution in [0.1, 0.15) is 52.7 Å². The summed E-state index contributed by atoms with van der Waals surface area (Å²) in [4.78, 5) is 9.46. The fourth-order valence-corrected chi connectivity index (χ4v) is 8.62. The average molecular weight is 987 g/mol. The van der Waals surface area contributed by atoms with Crippen LogP contribution in [0.15, 0.2) is 170 Å². The van der Waals surface area contributed by atoms with Crippen molar-refractivity contribution in [3.05, 3.63) is 200 Å². The van der Waals surface area contributed by atoms with Crippen molar-refractivity contribution in [1.29, 1.82) is 0 Å². The minimum atomic E-state index is -0.195. The van der Waals surface area contributed by atoms with Crippen LogP contribution < -0.4 is 14.5 Å². The van der Waals surface area contributed by atoms with Crippen LogP contribution in [0.5, 0.6) is 11.5 Å². The fourth-order valence-electron chi connectivity index (χ4n) is 8.62. The number of fused-ring (bicyclic) bond motifs is 4. The monoisotopic (exact) mass is 986 g/mol. The van der Waals surface area contributed by atoms with Crippen LogP contribution in [-0.4, -0.2) is 9.55 Å². The predicted octanol–water partition coefficient (Wildman–Crippen LogP) is 14.9. The number of nitrogens with zero attached hydrogens (tertiary/aromatic N) is 4. The van der Waals surface area contributed by atoms with Gasteiger partial charge in [0.2, 0.25) is 0 Å². The number of aromatic nitrogens is 2. The van der Waals surface area contributed by atoms with Gasteiger partial charge in [0.15, 0.2) is 0 Å². The Balaban J connectivity index is 0.00000490. The van der Waals surface area contributed by atoms with E-state index in [-0.39, 0.29) is 31.9 Å². The first-order chi connectivity index (χ1) is 29.5. The molecule has 0 N–H and O–H groups in total. The number of hydrogen-bond donors (Lipinski definition) is 0. The van der Waals surface area contributed by atoms with Gasteiger partial charge in [0.1, 0.15) is 5.82 Å². The van der Waals surface area contributed by atoms with Crippen LogP contribution >= 0.6 is 0 Å². The Bertz CT molecular complexity index is 3010. The molecule has 1 aliphatic rings. The molecule has 3 heterocycles. The molecule has 0 saturated heterocycles. The number of benzene rings is 7. The maximum atomic E-state index is 6.84. The molecule has 0 spiro atoms. The molecule has 10 rings (SSSR count). The summed E-state index contributed by atoms with van der Waals surface area (Å²) in [5.74, 6) is 2.08. The summed E-state index contributed by atoms with van der Waals surface area (Å²) in [5, 5.41) is 2.32. The van der Waals surface area contributed by atoms with E-state index in [1.54, 1.807) is 0 Å². The Morgan fingerprint density at radius 2 is 1.18 bits per heavy atom. The summed E-state index contributed by atoms with van der Waals surface area (Å²) in [5.41, 5.74) is 12.9. The van der Waals surface area contributed by atoms with Gasteiger partial charge in [-0.2, -0.15) is 6.07 Å². The summed E-state index contributed by atoms with van der Waals surface area (Å²) < 4.78 is 9.08. The van der Waals surface area contributed by atoms with Crippen LogP contribution in [0, 0.1) is 18.8 Å². The maximum Gasteiger partial charge on any atom is 0.135 e. The van der Waals surface area contributed by atoms with E-state index in [4.69, 9.17) is 9.72 Å². The van der Waals surface area contributed by atoms with E-state index < -0.39 is 0 Å². The van der Waals surface area contributed by atoms with Crippen LogP contribution in [0.25, 0.3) is 49.9 Å². The molecular formula is C56H47N4OPt-3. The predicted molar refractivity (Wildman–Crippen MR) is 252 cm³/mol. The van der Waals surface area contributed by atoms with Crippen molar-refractivity contribution in [1.82, 2.24) is 9.55 Å². The van der Waals surface area contributed by atoms with E-state index >= 15 is 0 Å². The summed E-state index contributed by atoms with van der Waals surface area (Å²) in [6, 6.07) is 64.9. The van der Waals surface area contributed by atoms with Gasteiger partial charge in [-0.3, -0.25) is 0 Å². The second-order valence-electron chi connectivity index (χ2n) is 17.8. The molecule has 7 aromatic carbocycles. The fraction of sp³-hybridized carbons (Fsp3) is 0.143. The average Bonchev–Trinajstić information content (AvgIpc) is 3.82. The van der Waals surface area contributed by atoms with Crippen LogP contribution in [0.3, 0.4) is 0 Å². The normalized spacial score (nSPS) is 12.7. The Hall–Kier alpha value is -6.42. The van der Waals surface area contributed by atoms with Crippen LogP contribution in [0.4, 0.5) is 22.7 Å². The minimum absolute atomic E-state index is 0. The summed E-state index contributed by atoms with van der Waals surface area (Å²) >= 11 is 0. The molecule has 0 aliphatic carbocycles. The van der Waals surface area contributed by atoms with E-state index in [0.29, 0.717) is 11.5 Å². The molecule has 0 saturated carbocycles. The maximum absolute atomic E-state index is 6.84. The van der Waals surface area contributed by atoms with Gasteiger partial charge >= 0.3 is 0 Å². The van der Waals surface area contributed by atoms with Crippen molar-refractivity contribution in [2.24, 2.45) is 0 Å². The Morgan fingerprint density at radius 3 is 1.84 bits per heavy atom. The molecule has 0 amide bonds. The van der Waals surface area contributed by atoms with E-state index in [1.807, 2.05) is 18.3 Å². The zero-order chi connectivity index (χ0) is 41.9. The molecule has 310 valence electrons. The summed E-state index contributed by atoms with van der Waals surface area (Å²) in [6.45, 7) is 15.7. The molecule has 6 heteroatoms. The second kappa shape index (κ2) is 16.1. The third kappa shape index (κ3) is 7.39. The molecule has 0 unspecified atom stereocenters. The van der Waals surface area contributed by atoms with Gasteiger partial charge in [0, 0.05) is 72.5 Å². The van der Waals surface area contributed by atoms with E-state index in [0.717, 1.165) is 67.2 Å². The molecule has 5 nitrogen and oxygen atoms in total. The van der Waals surface area contributed by atoms with Gasteiger partial charge < -0.3 is 19.1 Å². The molecular weight excluding hydrogens is 940 g/mol. The number of rotatable bonds is 7. The van der Waals surface area contributed by atoms with E-state index in [9.17, 15) is 0 Å². The first kappa shape index (κ1) is 41.0. The van der Waals surface area contributed by atoms with Crippen molar-refractivity contribution in [2.75, 3.05) is 9.80 Å². The molecule has 0 bridgehead atoms. The molecule has 62 heavy (non-hydrogen) atoms. The summed E-state index contributed by atoms with van der Waals surface area (Å²) in [6.07, 6.45) is 1.92. The first-order valence-electron chi connectivity index (χ1n) is 21.0. The van der Waals surface area contributed by atoms with Gasteiger partial charge in [-0.25, -0.2) is 4.98 Å². The number of anilines is 4. The zero-order valence-electron chi connectivity index (χ0n) is 35.8. The molecule has 2 aromatic heterocycles. The van der Waals surface area contributed by atoms with Crippen LogP contribution in [-0.2, 0) is 31.9 Å². The number of para-hydroxylation sites is 4. The molecule has 0 fully saturated rings. The number of pyridine rings is 1. The van der Waals surface area contributed by atoms with Crippen molar-refractivity contribution in [3.63, 3.8) is 0 Å². The van der Waals surface area contributed by atoms with Gasteiger partial charge in [-0.15, -0.1) is 48.3 Å². The smallest absolute Gasteiger partial charge is 0.135 e. The second-order valence-corrected chi connectivity index (χ2v) is 17.8. The summed E-state index contributed by atoms with van der Waals surface area (Å²) in [7, 11) is 0. The Morgan fingerprint density at radius 1 is 0.565 bits per heavy atom. The number of hydrogen-bond acceptors (Lipinski definition) is 4. The third-order valence-corrected chi connectivity index (χ3v) is 11.6.